The van der Waals surface area contributed by atoms with Crippen molar-refractivity contribution in [3.8, 4) is 0 Å². The lowest BCUT2D eigenvalue weighted by atomic mass is 9.98. The van der Waals surface area contributed by atoms with E-state index in [1.54, 1.807) is 0 Å². The highest BCUT2D eigenvalue weighted by atomic mass is 35.5. The number of nitrogens with zero attached hydrogens (tertiary/aromatic N) is 3. The summed E-state index contributed by atoms with van der Waals surface area (Å²) in [6.45, 7) is 6.53. The van der Waals surface area contributed by atoms with Crippen molar-refractivity contribution >= 4 is 17.4 Å². The van der Waals surface area contributed by atoms with Crippen LogP contribution in [0.3, 0.4) is 0 Å². The molecule has 3 nitrogen and oxygen atoms in total. The predicted octanol–water partition coefficient (Wildman–Crippen LogP) is 3.71. The normalized spacial score (nSPS) is 20.8. The van der Waals surface area contributed by atoms with Crippen molar-refractivity contribution in [1.82, 2.24) is 9.97 Å². The molecule has 1 aromatic heterocycles. The van der Waals surface area contributed by atoms with Crippen LogP contribution in [-0.2, 0) is 6.42 Å². The highest BCUT2D eigenvalue weighted by Crippen LogP contribution is 2.24. The van der Waals surface area contributed by atoms with Gasteiger partial charge in [0, 0.05) is 25.6 Å². The average molecular weight is 268 g/mol. The van der Waals surface area contributed by atoms with Gasteiger partial charge < -0.3 is 4.90 Å². The molecule has 1 aliphatic rings. The minimum atomic E-state index is 0.563. The molecule has 18 heavy (non-hydrogen) atoms. The third-order valence-electron chi connectivity index (χ3n) is 3.79. The van der Waals surface area contributed by atoms with Gasteiger partial charge in [0.1, 0.15) is 16.8 Å². The summed E-state index contributed by atoms with van der Waals surface area (Å²) in [5.41, 5.74) is 0. The van der Waals surface area contributed by atoms with E-state index in [1.807, 2.05) is 6.07 Å². The summed E-state index contributed by atoms with van der Waals surface area (Å²) >= 11 is 6.07. The second-order valence-corrected chi connectivity index (χ2v) is 5.40. The summed E-state index contributed by atoms with van der Waals surface area (Å²) in [6, 6.07) is 1.90. The molecule has 1 aromatic rings. The second-order valence-electron chi connectivity index (χ2n) is 5.01. The number of rotatable bonds is 3. The molecule has 0 N–H and O–H groups in total. The predicted molar refractivity (Wildman–Crippen MR) is 76.3 cm³/mol. The summed E-state index contributed by atoms with van der Waals surface area (Å²) in [5, 5.41) is 0.563. The molecular weight excluding hydrogens is 246 g/mol. The van der Waals surface area contributed by atoms with Gasteiger partial charge in [0.05, 0.1) is 0 Å². The van der Waals surface area contributed by atoms with Crippen LogP contribution in [0.4, 0.5) is 5.82 Å². The van der Waals surface area contributed by atoms with E-state index in [1.165, 1.54) is 25.7 Å². The third kappa shape index (κ3) is 3.35. The van der Waals surface area contributed by atoms with Gasteiger partial charge >= 0.3 is 0 Å². The Morgan fingerprint density at radius 2 is 2.11 bits per heavy atom. The molecule has 2 rings (SSSR count). The van der Waals surface area contributed by atoms with Crippen molar-refractivity contribution < 1.29 is 0 Å². The first-order valence-corrected chi connectivity index (χ1v) is 7.39. The second kappa shape index (κ2) is 6.37. The minimum absolute atomic E-state index is 0.563. The molecule has 2 heterocycles. The summed E-state index contributed by atoms with van der Waals surface area (Å²) in [4.78, 5) is 11.2. The molecule has 0 aromatic carbocycles. The minimum Gasteiger partial charge on any atom is -0.356 e. The van der Waals surface area contributed by atoms with Crippen LogP contribution >= 0.6 is 11.6 Å². The fraction of sp³-hybridized carbons (Fsp3) is 0.714. The summed E-state index contributed by atoms with van der Waals surface area (Å²) in [6.07, 6.45) is 5.98. The first-order chi connectivity index (χ1) is 8.72. The Labute approximate surface area is 115 Å². The first kappa shape index (κ1) is 13.6. The van der Waals surface area contributed by atoms with E-state index in [0.29, 0.717) is 5.15 Å². The molecule has 100 valence electrons. The molecule has 1 aliphatic heterocycles. The van der Waals surface area contributed by atoms with Crippen LogP contribution in [0.15, 0.2) is 6.07 Å². The first-order valence-electron chi connectivity index (χ1n) is 7.01. The Morgan fingerprint density at radius 3 is 2.83 bits per heavy atom. The van der Waals surface area contributed by atoms with Crippen LogP contribution in [0, 0.1) is 5.92 Å². The van der Waals surface area contributed by atoms with Gasteiger partial charge in [-0.15, -0.1) is 0 Å². The van der Waals surface area contributed by atoms with Gasteiger partial charge in [0.2, 0.25) is 0 Å². The molecule has 0 bridgehead atoms. The van der Waals surface area contributed by atoms with Crippen molar-refractivity contribution in [3.05, 3.63) is 17.0 Å². The van der Waals surface area contributed by atoms with E-state index in [0.717, 1.165) is 37.1 Å². The highest BCUT2D eigenvalue weighted by Gasteiger charge is 2.17. The number of anilines is 1. The van der Waals surface area contributed by atoms with E-state index in [4.69, 9.17) is 11.6 Å². The van der Waals surface area contributed by atoms with Crippen molar-refractivity contribution in [2.75, 3.05) is 18.0 Å². The van der Waals surface area contributed by atoms with Crippen LogP contribution < -0.4 is 4.90 Å². The topological polar surface area (TPSA) is 29.0 Å². The third-order valence-corrected chi connectivity index (χ3v) is 3.99. The van der Waals surface area contributed by atoms with Crippen LogP contribution in [-0.4, -0.2) is 23.1 Å². The number of hydrogen-bond donors (Lipinski definition) is 0. The highest BCUT2D eigenvalue weighted by molar-refractivity contribution is 6.29. The Kier molecular flexibility index (Phi) is 4.81. The smallest absolute Gasteiger partial charge is 0.134 e. The Morgan fingerprint density at radius 1 is 1.28 bits per heavy atom. The molecule has 0 saturated carbocycles. The molecule has 0 amide bonds. The molecule has 1 atom stereocenters. The fourth-order valence-corrected chi connectivity index (χ4v) is 2.77. The SMILES string of the molecule is CCc1nc(Cl)cc(N2CCCC(CC)CC2)n1. The number of halogens is 1. The summed E-state index contributed by atoms with van der Waals surface area (Å²) < 4.78 is 0. The maximum atomic E-state index is 6.07. The van der Waals surface area contributed by atoms with Crippen molar-refractivity contribution in [3.63, 3.8) is 0 Å². The van der Waals surface area contributed by atoms with Gasteiger partial charge in [-0.2, -0.15) is 0 Å². The molecule has 0 aliphatic carbocycles. The quantitative estimate of drug-likeness (QED) is 0.782. The van der Waals surface area contributed by atoms with Gasteiger partial charge in [-0.25, -0.2) is 9.97 Å². The molecule has 1 fully saturated rings. The number of aromatic nitrogens is 2. The van der Waals surface area contributed by atoms with E-state index < -0.39 is 0 Å². The van der Waals surface area contributed by atoms with E-state index in [-0.39, 0.29) is 0 Å². The lowest BCUT2D eigenvalue weighted by Crippen LogP contribution is -2.25. The Balaban J connectivity index is 2.13. The van der Waals surface area contributed by atoms with Gasteiger partial charge in [-0.3, -0.25) is 0 Å². The van der Waals surface area contributed by atoms with Crippen molar-refractivity contribution in [2.45, 2.75) is 46.0 Å². The molecule has 0 radical (unpaired) electrons. The van der Waals surface area contributed by atoms with E-state index in [2.05, 4.69) is 28.7 Å². The van der Waals surface area contributed by atoms with Crippen LogP contribution in [0.1, 0.15) is 45.4 Å². The lowest BCUT2D eigenvalue weighted by Gasteiger charge is -2.22. The monoisotopic (exact) mass is 267 g/mol. The van der Waals surface area contributed by atoms with Crippen molar-refractivity contribution in [1.29, 1.82) is 0 Å². The average Bonchev–Trinajstić information content (AvgIpc) is 2.63. The largest absolute Gasteiger partial charge is 0.356 e. The maximum Gasteiger partial charge on any atom is 0.134 e. The number of hydrogen-bond acceptors (Lipinski definition) is 3. The molecule has 1 saturated heterocycles. The lowest BCUT2D eigenvalue weighted by molar-refractivity contribution is 0.459. The molecular formula is C14H22ClN3. The van der Waals surface area contributed by atoms with Crippen molar-refractivity contribution in [2.24, 2.45) is 5.92 Å². The summed E-state index contributed by atoms with van der Waals surface area (Å²) in [7, 11) is 0. The summed E-state index contributed by atoms with van der Waals surface area (Å²) in [5.74, 6) is 2.72. The van der Waals surface area contributed by atoms with E-state index >= 15 is 0 Å². The van der Waals surface area contributed by atoms with Crippen LogP contribution in [0.5, 0.6) is 0 Å². The number of aryl methyl sites for hydroxylation is 1. The molecule has 1 unspecified atom stereocenters. The zero-order chi connectivity index (χ0) is 13.0. The van der Waals surface area contributed by atoms with E-state index in [9.17, 15) is 0 Å². The molecule has 4 heteroatoms. The Bertz CT molecular complexity index is 395. The molecule has 0 spiro atoms. The zero-order valence-corrected chi connectivity index (χ0v) is 12.1. The zero-order valence-electron chi connectivity index (χ0n) is 11.3. The van der Waals surface area contributed by atoms with Gasteiger partial charge in [-0.1, -0.05) is 31.9 Å². The van der Waals surface area contributed by atoms with Gasteiger partial charge in [0.25, 0.3) is 0 Å². The maximum absolute atomic E-state index is 6.07. The van der Waals surface area contributed by atoms with Crippen LogP contribution in [0.25, 0.3) is 0 Å². The van der Waals surface area contributed by atoms with Gasteiger partial charge in [0.15, 0.2) is 0 Å². The van der Waals surface area contributed by atoms with Gasteiger partial charge in [-0.05, 0) is 25.2 Å². The Hall–Kier alpha value is -0.830. The fourth-order valence-electron chi connectivity index (χ4n) is 2.57. The standard InChI is InChI=1S/C14H22ClN3/c1-3-11-6-5-8-18(9-7-11)14-10-12(15)16-13(4-2)17-14/h10-11H,3-9H2,1-2H3. The van der Waals surface area contributed by atoms with Crippen LogP contribution in [0.2, 0.25) is 5.15 Å².